The topological polar surface area (TPSA) is 52.0 Å². The third-order valence-corrected chi connectivity index (χ3v) is 3.64. The number of halogens is 2. The Labute approximate surface area is 130 Å². The molecule has 0 unspecified atom stereocenters. The molecule has 1 aromatic carbocycles. The van der Waals surface area contributed by atoms with Gasteiger partial charge in [-0.15, -0.1) is 0 Å². The first-order chi connectivity index (χ1) is 9.58. The summed E-state index contributed by atoms with van der Waals surface area (Å²) in [7, 11) is 0. The van der Waals surface area contributed by atoms with Crippen LogP contribution in [0.3, 0.4) is 0 Å². The van der Waals surface area contributed by atoms with Gasteiger partial charge in [0.2, 0.25) is 0 Å². The van der Waals surface area contributed by atoms with Crippen LogP contribution in [0.1, 0.15) is 19.5 Å². The monoisotopic (exact) mass is 356 g/mol. The van der Waals surface area contributed by atoms with Crippen molar-refractivity contribution in [2.75, 3.05) is 0 Å². The number of aryl methyl sites for hydroxylation is 2. The van der Waals surface area contributed by atoms with Gasteiger partial charge in [0.25, 0.3) is 0 Å². The van der Waals surface area contributed by atoms with Crippen molar-refractivity contribution in [1.29, 1.82) is 0 Å². The largest absolute Gasteiger partial charge is 0.373 e. The first kappa shape index (κ1) is 16.6. The molecule has 0 aliphatic rings. The van der Waals surface area contributed by atoms with Crippen LogP contribution in [0.2, 0.25) is 5.02 Å². The molecular formula is C14H14BrClN2O2. The van der Waals surface area contributed by atoms with Crippen LogP contribution in [0.15, 0.2) is 28.7 Å². The molecule has 1 heterocycles. The van der Waals surface area contributed by atoms with Gasteiger partial charge >= 0.3 is 6.15 Å². The summed E-state index contributed by atoms with van der Waals surface area (Å²) >= 11 is 9.82. The van der Waals surface area contributed by atoms with E-state index in [9.17, 15) is 0 Å². The second-order valence-electron chi connectivity index (χ2n) is 3.87. The normalized spacial score (nSPS) is 9.60. The van der Waals surface area contributed by atoms with Crippen LogP contribution in [0.4, 0.5) is 0 Å². The minimum atomic E-state index is 0.250. The molecule has 106 valence electrons. The van der Waals surface area contributed by atoms with Crippen LogP contribution < -0.4 is 0 Å². The Morgan fingerprint density at radius 1 is 1.25 bits per heavy atom. The van der Waals surface area contributed by atoms with E-state index >= 15 is 0 Å². The van der Waals surface area contributed by atoms with Gasteiger partial charge in [-0.05, 0) is 25.5 Å². The minimum Gasteiger partial charge on any atom is -0.263 e. The quantitative estimate of drug-likeness (QED) is 0.835. The van der Waals surface area contributed by atoms with Crippen LogP contribution in [-0.2, 0) is 22.6 Å². The van der Waals surface area contributed by atoms with E-state index in [4.69, 9.17) is 21.2 Å². The van der Waals surface area contributed by atoms with Crippen LogP contribution in [0.5, 0.6) is 0 Å². The molecular weight excluding hydrogens is 344 g/mol. The summed E-state index contributed by atoms with van der Waals surface area (Å²) in [6.45, 7) is 4.97. The van der Waals surface area contributed by atoms with E-state index in [2.05, 4.69) is 47.0 Å². The Morgan fingerprint density at radius 3 is 2.25 bits per heavy atom. The lowest BCUT2D eigenvalue weighted by Crippen LogP contribution is -1.99. The average molecular weight is 358 g/mol. The lowest BCUT2D eigenvalue weighted by molar-refractivity contribution is -0.191. The molecule has 0 saturated heterocycles. The molecule has 0 atom stereocenters. The fourth-order valence-corrected chi connectivity index (χ4v) is 2.47. The Bertz CT molecular complexity index is 602. The summed E-state index contributed by atoms with van der Waals surface area (Å²) in [6, 6.07) is 8.14. The number of carbonyl (C=O) groups excluding carboxylic acids is 2. The van der Waals surface area contributed by atoms with Gasteiger partial charge in [0.15, 0.2) is 0 Å². The van der Waals surface area contributed by atoms with Crippen LogP contribution in [-0.4, -0.2) is 15.9 Å². The molecule has 0 aliphatic heterocycles. The molecule has 0 amide bonds. The predicted octanol–water partition coefficient (Wildman–Crippen LogP) is 3.96. The fraction of sp³-hybridized carbons (Fsp3) is 0.286. The maximum atomic E-state index is 8.12. The smallest absolute Gasteiger partial charge is 0.263 e. The first-order valence-corrected chi connectivity index (χ1v) is 7.26. The van der Waals surface area contributed by atoms with E-state index < -0.39 is 0 Å². The number of aromatic nitrogens is 2. The van der Waals surface area contributed by atoms with E-state index in [1.807, 2.05) is 16.8 Å². The van der Waals surface area contributed by atoms with Crippen molar-refractivity contribution in [2.45, 2.75) is 26.8 Å². The molecule has 0 radical (unpaired) electrons. The highest BCUT2D eigenvalue weighted by Crippen LogP contribution is 2.31. The standard InChI is InChI=1S/C13H14BrClN2.CO2/c1-3-11-12(15)13(17(4-2)16-11)9-5-7-10(14)8-6-9;2-1-3/h5-8H,3-4H2,1-2H3;. The van der Waals surface area contributed by atoms with Crippen LogP contribution in [0.25, 0.3) is 11.3 Å². The van der Waals surface area contributed by atoms with Crippen molar-refractivity contribution in [3.63, 3.8) is 0 Å². The van der Waals surface area contributed by atoms with Crippen molar-refractivity contribution < 1.29 is 9.59 Å². The summed E-state index contributed by atoms with van der Waals surface area (Å²) < 4.78 is 3.03. The van der Waals surface area contributed by atoms with Gasteiger partial charge < -0.3 is 0 Å². The first-order valence-electron chi connectivity index (χ1n) is 6.09. The van der Waals surface area contributed by atoms with Gasteiger partial charge in [-0.2, -0.15) is 14.7 Å². The Kier molecular flexibility index (Phi) is 6.65. The van der Waals surface area contributed by atoms with Crippen molar-refractivity contribution in [2.24, 2.45) is 0 Å². The van der Waals surface area contributed by atoms with Crippen molar-refractivity contribution in [3.8, 4) is 11.3 Å². The predicted molar refractivity (Wildman–Crippen MR) is 80.4 cm³/mol. The zero-order chi connectivity index (χ0) is 15.1. The molecule has 6 heteroatoms. The number of benzene rings is 1. The Balaban J connectivity index is 0.000000612. The van der Waals surface area contributed by atoms with Gasteiger partial charge in [0, 0.05) is 16.6 Å². The second kappa shape index (κ2) is 8.00. The van der Waals surface area contributed by atoms with Gasteiger partial charge in [0.05, 0.1) is 16.4 Å². The summed E-state index contributed by atoms with van der Waals surface area (Å²) in [5.74, 6) is 0. The summed E-state index contributed by atoms with van der Waals surface area (Å²) in [6.07, 6.45) is 1.11. The molecule has 20 heavy (non-hydrogen) atoms. The number of nitrogens with zero attached hydrogens (tertiary/aromatic N) is 2. The van der Waals surface area contributed by atoms with Gasteiger partial charge in [-0.1, -0.05) is 46.6 Å². The molecule has 0 fully saturated rings. The highest BCUT2D eigenvalue weighted by Gasteiger charge is 2.15. The third-order valence-electron chi connectivity index (χ3n) is 2.71. The van der Waals surface area contributed by atoms with Crippen molar-refractivity contribution >= 4 is 33.7 Å². The maximum Gasteiger partial charge on any atom is 0.373 e. The zero-order valence-electron chi connectivity index (χ0n) is 11.2. The Hall–Kier alpha value is -1.42. The SMILES string of the molecule is CCc1nn(CC)c(-c2ccc(Br)cc2)c1Cl.O=C=O. The number of hydrogen-bond acceptors (Lipinski definition) is 3. The van der Waals surface area contributed by atoms with Crippen molar-refractivity contribution in [3.05, 3.63) is 39.5 Å². The highest BCUT2D eigenvalue weighted by molar-refractivity contribution is 9.10. The molecule has 0 aliphatic carbocycles. The lowest BCUT2D eigenvalue weighted by Gasteiger charge is -2.05. The minimum absolute atomic E-state index is 0.250. The molecule has 1 aromatic heterocycles. The molecule has 0 bridgehead atoms. The maximum absolute atomic E-state index is 8.12. The molecule has 0 N–H and O–H groups in total. The molecule has 0 saturated carbocycles. The van der Waals surface area contributed by atoms with Gasteiger partial charge in [0.1, 0.15) is 0 Å². The number of hydrogen-bond donors (Lipinski definition) is 0. The van der Waals surface area contributed by atoms with Crippen LogP contribution in [0, 0.1) is 0 Å². The van der Waals surface area contributed by atoms with E-state index in [-0.39, 0.29) is 6.15 Å². The fourth-order valence-electron chi connectivity index (χ4n) is 1.83. The summed E-state index contributed by atoms with van der Waals surface area (Å²) in [5.41, 5.74) is 3.08. The average Bonchev–Trinajstić information content (AvgIpc) is 2.77. The number of rotatable bonds is 3. The molecule has 0 spiro atoms. The van der Waals surface area contributed by atoms with E-state index in [1.54, 1.807) is 0 Å². The van der Waals surface area contributed by atoms with Gasteiger partial charge in [-0.25, -0.2) is 0 Å². The third kappa shape index (κ3) is 3.79. The molecule has 2 rings (SSSR count). The van der Waals surface area contributed by atoms with Crippen LogP contribution >= 0.6 is 27.5 Å². The summed E-state index contributed by atoms with van der Waals surface area (Å²) in [5, 5.41) is 5.29. The molecule has 4 nitrogen and oxygen atoms in total. The highest BCUT2D eigenvalue weighted by atomic mass is 79.9. The van der Waals surface area contributed by atoms with Gasteiger partial charge in [-0.3, -0.25) is 4.68 Å². The van der Waals surface area contributed by atoms with E-state index in [1.165, 1.54) is 0 Å². The Morgan fingerprint density at radius 2 is 1.80 bits per heavy atom. The van der Waals surface area contributed by atoms with E-state index in [0.717, 1.165) is 39.4 Å². The lowest BCUT2D eigenvalue weighted by atomic mass is 10.1. The summed E-state index contributed by atoms with van der Waals surface area (Å²) in [4.78, 5) is 16.2. The zero-order valence-corrected chi connectivity index (χ0v) is 13.5. The second-order valence-corrected chi connectivity index (χ2v) is 5.16. The van der Waals surface area contributed by atoms with Crippen molar-refractivity contribution in [1.82, 2.24) is 9.78 Å². The van der Waals surface area contributed by atoms with E-state index in [0.29, 0.717) is 0 Å². The molecule has 2 aromatic rings.